The monoisotopic (exact) mass is 427 g/mol. The van der Waals surface area contributed by atoms with Gasteiger partial charge in [-0.2, -0.15) is 0 Å². The molecule has 0 bridgehead atoms. The molecule has 9 heteroatoms. The summed E-state index contributed by atoms with van der Waals surface area (Å²) >= 11 is 7.81. The van der Waals surface area contributed by atoms with Crippen molar-refractivity contribution in [1.29, 1.82) is 0 Å². The first kappa shape index (κ1) is 19.5. The molecule has 4 rings (SSSR count). The van der Waals surface area contributed by atoms with Crippen molar-refractivity contribution in [2.45, 2.75) is 24.4 Å². The molecule has 0 atom stereocenters. The minimum Gasteiger partial charge on any atom is -0.496 e. The van der Waals surface area contributed by atoms with Crippen LogP contribution in [0.5, 0.6) is 5.75 Å². The summed E-state index contributed by atoms with van der Waals surface area (Å²) in [4.78, 5) is 0. The molecule has 2 aromatic carbocycles. The molecule has 2 aromatic heterocycles. The number of nitrogens with zero attached hydrogens (tertiary/aromatic N) is 5. The van der Waals surface area contributed by atoms with Crippen molar-refractivity contribution >= 4 is 23.4 Å². The summed E-state index contributed by atoms with van der Waals surface area (Å²) in [6.45, 7) is 2.76. The van der Waals surface area contributed by atoms with Gasteiger partial charge in [0, 0.05) is 12.1 Å². The van der Waals surface area contributed by atoms with E-state index in [2.05, 4.69) is 20.4 Å². The minimum absolute atomic E-state index is 0.423. The van der Waals surface area contributed by atoms with Gasteiger partial charge in [0.1, 0.15) is 5.75 Å². The summed E-state index contributed by atoms with van der Waals surface area (Å²) in [5, 5.41) is 18.3. The van der Waals surface area contributed by atoms with E-state index in [1.807, 2.05) is 60.0 Å². The Balaban J connectivity index is 1.53. The zero-order valence-corrected chi connectivity index (χ0v) is 17.4. The maximum Gasteiger partial charge on any atom is 0.251 e. The molecule has 0 N–H and O–H groups in total. The minimum atomic E-state index is 0.423. The van der Waals surface area contributed by atoms with Crippen LogP contribution in [0.2, 0.25) is 5.02 Å². The van der Waals surface area contributed by atoms with Gasteiger partial charge in [-0.25, -0.2) is 0 Å². The number of methoxy groups -OCH3 is 1. The number of para-hydroxylation sites is 1. The molecule has 0 aliphatic rings. The van der Waals surface area contributed by atoms with Crippen LogP contribution in [0, 0.1) is 0 Å². The second kappa shape index (κ2) is 8.67. The zero-order valence-electron chi connectivity index (χ0n) is 15.9. The van der Waals surface area contributed by atoms with Crippen molar-refractivity contribution in [2.75, 3.05) is 7.11 Å². The van der Waals surface area contributed by atoms with Crippen LogP contribution in [0.4, 0.5) is 0 Å². The van der Waals surface area contributed by atoms with E-state index >= 15 is 0 Å². The summed E-state index contributed by atoms with van der Waals surface area (Å²) < 4.78 is 13.2. The van der Waals surface area contributed by atoms with Gasteiger partial charge in [0.25, 0.3) is 5.89 Å². The summed E-state index contributed by atoms with van der Waals surface area (Å²) in [5.74, 6) is 2.82. The van der Waals surface area contributed by atoms with Crippen molar-refractivity contribution in [2.24, 2.45) is 0 Å². The fourth-order valence-corrected chi connectivity index (χ4v) is 3.95. The fourth-order valence-electron chi connectivity index (χ4n) is 2.89. The number of thioether (sulfide) groups is 1. The number of benzene rings is 2. The van der Waals surface area contributed by atoms with Crippen LogP contribution >= 0.6 is 23.4 Å². The first-order valence-electron chi connectivity index (χ1n) is 8.98. The Morgan fingerprint density at radius 2 is 1.76 bits per heavy atom. The highest BCUT2D eigenvalue weighted by Gasteiger charge is 2.17. The summed E-state index contributed by atoms with van der Waals surface area (Å²) in [5.41, 5.74) is 1.61. The highest BCUT2D eigenvalue weighted by molar-refractivity contribution is 7.98. The van der Waals surface area contributed by atoms with E-state index < -0.39 is 0 Å². The molecule has 0 saturated heterocycles. The lowest BCUT2D eigenvalue weighted by Gasteiger charge is -2.07. The van der Waals surface area contributed by atoms with Crippen LogP contribution < -0.4 is 4.74 Å². The van der Waals surface area contributed by atoms with Crippen molar-refractivity contribution in [1.82, 2.24) is 25.0 Å². The van der Waals surface area contributed by atoms with Crippen LogP contribution in [0.3, 0.4) is 0 Å². The Kier molecular flexibility index (Phi) is 5.82. The van der Waals surface area contributed by atoms with E-state index in [-0.39, 0.29) is 0 Å². The third kappa shape index (κ3) is 3.99. The number of rotatable bonds is 7. The summed E-state index contributed by atoms with van der Waals surface area (Å²) in [6, 6.07) is 15.1. The standard InChI is InChI=1S/C20H18ClN5O2S/c1-3-26-18(13-8-4-6-10-15(13)21)23-25-20(26)29-12-17-22-24-19(28-17)14-9-5-7-11-16(14)27-2/h4-11H,3,12H2,1-2H3. The second-order valence-electron chi connectivity index (χ2n) is 6.02. The number of ether oxygens (including phenoxy) is 1. The second-order valence-corrected chi connectivity index (χ2v) is 7.37. The molecule has 0 fully saturated rings. The van der Waals surface area contributed by atoms with Gasteiger partial charge in [-0.15, -0.1) is 20.4 Å². The van der Waals surface area contributed by atoms with E-state index in [9.17, 15) is 0 Å². The van der Waals surface area contributed by atoms with Crippen molar-refractivity contribution in [3.05, 3.63) is 59.4 Å². The molecule has 0 amide bonds. The lowest BCUT2D eigenvalue weighted by molar-refractivity contribution is 0.414. The predicted molar refractivity (Wildman–Crippen MR) is 112 cm³/mol. The van der Waals surface area contributed by atoms with Gasteiger partial charge < -0.3 is 13.7 Å². The van der Waals surface area contributed by atoms with Gasteiger partial charge in [-0.3, -0.25) is 0 Å². The third-order valence-corrected chi connectivity index (χ3v) is 5.56. The molecule has 29 heavy (non-hydrogen) atoms. The summed E-state index contributed by atoms with van der Waals surface area (Å²) in [7, 11) is 1.61. The normalized spacial score (nSPS) is 11.0. The molecule has 148 valence electrons. The average Bonchev–Trinajstić information content (AvgIpc) is 3.39. The maximum absolute atomic E-state index is 6.32. The largest absolute Gasteiger partial charge is 0.496 e. The first-order valence-corrected chi connectivity index (χ1v) is 10.3. The molecule has 0 unspecified atom stereocenters. The lowest BCUT2D eigenvalue weighted by Crippen LogP contribution is -2.00. The van der Waals surface area contributed by atoms with Crippen LogP contribution in [0.25, 0.3) is 22.8 Å². The van der Waals surface area contributed by atoms with Gasteiger partial charge in [0.05, 0.1) is 23.4 Å². The molecule has 7 nitrogen and oxygen atoms in total. The molecule has 0 radical (unpaired) electrons. The third-order valence-electron chi connectivity index (χ3n) is 4.28. The number of hydrogen-bond donors (Lipinski definition) is 0. The van der Waals surface area contributed by atoms with Crippen molar-refractivity contribution in [3.8, 4) is 28.6 Å². The zero-order chi connectivity index (χ0) is 20.2. The van der Waals surface area contributed by atoms with Gasteiger partial charge in [0.15, 0.2) is 11.0 Å². The van der Waals surface area contributed by atoms with Crippen LogP contribution in [0.1, 0.15) is 12.8 Å². The van der Waals surface area contributed by atoms with Gasteiger partial charge in [0.2, 0.25) is 5.89 Å². The number of hydrogen-bond acceptors (Lipinski definition) is 7. The Hall–Kier alpha value is -2.84. The van der Waals surface area contributed by atoms with E-state index in [0.717, 1.165) is 22.1 Å². The van der Waals surface area contributed by atoms with Gasteiger partial charge >= 0.3 is 0 Å². The molecule has 0 spiro atoms. The van der Waals surface area contributed by atoms with E-state index in [0.29, 0.717) is 34.9 Å². The van der Waals surface area contributed by atoms with Crippen molar-refractivity contribution < 1.29 is 9.15 Å². The van der Waals surface area contributed by atoms with E-state index in [1.54, 1.807) is 7.11 Å². The van der Waals surface area contributed by atoms with Gasteiger partial charge in [-0.1, -0.05) is 47.6 Å². The first-order chi connectivity index (χ1) is 14.2. The SMILES string of the molecule is CCn1c(SCc2nnc(-c3ccccc3OC)o2)nnc1-c1ccccc1Cl. The fraction of sp³-hybridized carbons (Fsp3) is 0.200. The van der Waals surface area contributed by atoms with Crippen molar-refractivity contribution in [3.63, 3.8) is 0 Å². The molecule has 0 aliphatic carbocycles. The van der Waals surface area contributed by atoms with Gasteiger partial charge in [-0.05, 0) is 31.2 Å². The van der Waals surface area contributed by atoms with Crippen LogP contribution in [-0.2, 0) is 12.3 Å². The molecule has 2 heterocycles. The topological polar surface area (TPSA) is 78.9 Å². The Labute approximate surface area is 177 Å². The highest BCUT2D eigenvalue weighted by Crippen LogP contribution is 2.32. The Morgan fingerprint density at radius 3 is 2.52 bits per heavy atom. The highest BCUT2D eigenvalue weighted by atomic mass is 35.5. The Bertz CT molecular complexity index is 1130. The molecule has 4 aromatic rings. The van der Waals surface area contributed by atoms with Crippen LogP contribution in [0.15, 0.2) is 58.1 Å². The molecule has 0 aliphatic heterocycles. The smallest absolute Gasteiger partial charge is 0.251 e. The molecular formula is C20H18ClN5O2S. The summed E-state index contributed by atoms with van der Waals surface area (Å²) in [6.07, 6.45) is 0. The average molecular weight is 428 g/mol. The van der Waals surface area contributed by atoms with Crippen LogP contribution in [-0.4, -0.2) is 32.1 Å². The van der Waals surface area contributed by atoms with E-state index in [1.165, 1.54) is 11.8 Å². The predicted octanol–water partition coefficient (Wildman–Crippen LogP) is 4.97. The lowest BCUT2D eigenvalue weighted by atomic mass is 10.2. The Morgan fingerprint density at radius 1 is 1.00 bits per heavy atom. The number of aromatic nitrogens is 5. The quantitative estimate of drug-likeness (QED) is 0.385. The molecular weight excluding hydrogens is 410 g/mol. The maximum atomic E-state index is 6.32. The number of halogens is 1. The van der Waals surface area contributed by atoms with E-state index in [4.69, 9.17) is 20.8 Å². The molecule has 0 saturated carbocycles.